The van der Waals surface area contributed by atoms with Crippen LogP contribution < -0.4 is 4.74 Å². The number of nitrogens with zero attached hydrogens (tertiary/aromatic N) is 2. The molecular weight excluding hydrogens is 160 g/mol. The molecule has 0 unspecified atom stereocenters. The standard InChI is InChI=1S/C7H10N2OS/c1-5-8-4-6(10-2)7(9-5)11-3/h4H,1-3H3. The van der Waals surface area contributed by atoms with E-state index in [0.717, 1.165) is 16.6 Å². The Morgan fingerprint density at radius 1 is 1.55 bits per heavy atom. The Kier molecular flexibility index (Phi) is 2.70. The minimum atomic E-state index is 0.739. The molecular formula is C7H10N2OS. The van der Waals surface area contributed by atoms with E-state index in [1.165, 1.54) is 0 Å². The van der Waals surface area contributed by atoms with Crippen LogP contribution >= 0.6 is 11.8 Å². The molecule has 1 heterocycles. The SMILES string of the molecule is COc1cnc(C)nc1SC. The lowest BCUT2D eigenvalue weighted by Crippen LogP contribution is -1.93. The van der Waals surface area contributed by atoms with Crippen molar-refractivity contribution in [3.63, 3.8) is 0 Å². The van der Waals surface area contributed by atoms with Crippen LogP contribution in [-0.2, 0) is 0 Å². The van der Waals surface area contributed by atoms with Gasteiger partial charge in [-0.15, -0.1) is 11.8 Å². The molecule has 0 N–H and O–H groups in total. The van der Waals surface area contributed by atoms with Crippen molar-refractivity contribution in [3.05, 3.63) is 12.0 Å². The molecule has 1 aromatic rings. The molecule has 0 radical (unpaired) electrons. The van der Waals surface area contributed by atoms with Gasteiger partial charge < -0.3 is 4.74 Å². The highest BCUT2D eigenvalue weighted by atomic mass is 32.2. The van der Waals surface area contributed by atoms with Crippen LogP contribution in [0.4, 0.5) is 0 Å². The molecule has 4 heteroatoms. The van der Waals surface area contributed by atoms with Crippen molar-refractivity contribution in [2.24, 2.45) is 0 Å². The summed E-state index contributed by atoms with van der Waals surface area (Å²) in [6.45, 7) is 1.86. The normalized spacial score (nSPS) is 9.73. The quantitative estimate of drug-likeness (QED) is 0.498. The first kappa shape index (κ1) is 8.33. The average Bonchev–Trinajstić information content (AvgIpc) is 2.04. The van der Waals surface area contributed by atoms with Crippen LogP contribution in [0.5, 0.6) is 5.75 Å². The Bertz CT molecular complexity index is 252. The minimum absolute atomic E-state index is 0.739. The van der Waals surface area contributed by atoms with E-state index in [2.05, 4.69) is 9.97 Å². The molecule has 0 fully saturated rings. The van der Waals surface area contributed by atoms with Gasteiger partial charge in [-0.3, -0.25) is 0 Å². The topological polar surface area (TPSA) is 35.0 Å². The van der Waals surface area contributed by atoms with E-state index in [-0.39, 0.29) is 0 Å². The highest BCUT2D eigenvalue weighted by Gasteiger charge is 2.02. The van der Waals surface area contributed by atoms with Crippen molar-refractivity contribution in [2.75, 3.05) is 13.4 Å². The van der Waals surface area contributed by atoms with Crippen LogP contribution in [-0.4, -0.2) is 23.3 Å². The van der Waals surface area contributed by atoms with Gasteiger partial charge in [-0.2, -0.15) is 0 Å². The zero-order valence-corrected chi connectivity index (χ0v) is 7.60. The molecule has 0 amide bonds. The van der Waals surface area contributed by atoms with Gasteiger partial charge >= 0.3 is 0 Å². The largest absolute Gasteiger partial charge is 0.492 e. The lowest BCUT2D eigenvalue weighted by Gasteiger charge is -2.03. The van der Waals surface area contributed by atoms with E-state index < -0.39 is 0 Å². The van der Waals surface area contributed by atoms with Crippen LogP contribution in [0.25, 0.3) is 0 Å². The lowest BCUT2D eigenvalue weighted by molar-refractivity contribution is 0.397. The van der Waals surface area contributed by atoms with Crippen molar-refractivity contribution in [1.82, 2.24) is 9.97 Å². The van der Waals surface area contributed by atoms with Gasteiger partial charge in [-0.1, -0.05) is 0 Å². The molecule has 0 aliphatic heterocycles. The molecule has 0 aliphatic carbocycles. The molecule has 11 heavy (non-hydrogen) atoms. The maximum atomic E-state index is 5.05. The van der Waals surface area contributed by atoms with Crippen LogP contribution in [0.2, 0.25) is 0 Å². The molecule has 0 bridgehead atoms. The molecule has 1 aromatic heterocycles. The van der Waals surface area contributed by atoms with E-state index in [1.807, 2.05) is 13.2 Å². The van der Waals surface area contributed by atoms with Crippen molar-refractivity contribution < 1.29 is 4.74 Å². The van der Waals surface area contributed by atoms with Gasteiger partial charge in [0.25, 0.3) is 0 Å². The molecule has 0 aliphatic rings. The summed E-state index contributed by atoms with van der Waals surface area (Å²) >= 11 is 1.56. The fourth-order valence-corrected chi connectivity index (χ4v) is 1.29. The number of hydrogen-bond donors (Lipinski definition) is 0. The van der Waals surface area contributed by atoms with Crippen molar-refractivity contribution >= 4 is 11.8 Å². The average molecular weight is 170 g/mol. The summed E-state index contributed by atoms with van der Waals surface area (Å²) in [6, 6.07) is 0. The Morgan fingerprint density at radius 3 is 2.82 bits per heavy atom. The van der Waals surface area contributed by atoms with Gasteiger partial charge in [0, 0.05) is 0 Å². The summed E-state index contributed by atoms with van der Waals surface area (Å²) in [7, 11) is 1.62. The van der Waals surface area contributed by atoms with Crippen molar-refractivity contribution in [1.29, 1.82) is 0 Å². The minimum Gasteiger partial charge on any atom is -0.492 e. The molecule has 0 saturated heterocycles. The van der Waals surface area contributed by atoms with Gasteiger partial charge in [0.2, 0.25) is 0 Å². The van der Waals surface area contributed by atoms with Gasteiger partial charge in [-0.05, 0) is 13.2 Å². The fraction of sp³-hybridized carbons (Fsp3) is 0.429. The number of thioether (sulfide) groups is 1. The Hall–Kier alpha value is -0.770. The van der Waals surface area contributed by atoms with E-state index in [4.69, 9.17) is 4.74 Å². The fourth-order valence-electron chi connectivity index (χ4n) is 0.724. The number of methoxy groups -OCH3 is 1. The Morgan fingerprint density at radius 2 is 2.27 bits per heavy atom. The summed E-state index contributed by atoms with van der Waals surface area (Å²) in [5.41, 5.74) is 0. The molecule has 1 rings (SSSR count). The third-order valence-electron chi connectivity index (χ3n) is 1.26. The predicted octanol–water partition coefficient (Wildman–Crippen LogP) is 1.52. The number of ether oxygens (including phenoxy) is 1. The second-order valence-electron chi connectivity index (χ2n) is 1.99. The second kappa shape index (κ2) is 3.57. The monoisotopic (exact) mass is 170 g/mol. The molecule has 60 valence electrons. The summed E-state index contributed by atoms with van der Waals surface area (Å²) in [5.74, 6) is 1.51. The number of aromatic nitrogens is 2. The maximum absolute atomic E-state index is 5.05. The third-order valence-corrected chi connectivity index (χ3v) is 1.94. The first-order chi connectivity index (χ1) is 5.27. The second-order valence-corrected chi connectivity index (χ2v) is 2.79. The summed E-state index contributed by atoms with van der Waals surface area (Å²) in [5, 5.41) is 0.889. The van der Waals surface area contributed by atoms with Gasteiger partial charge in [0.15, 0.2) is 5.75 Å². The molecule has 0 aromatic carbocycles. The summed E-state index contributed by atoms with van der Waals surface area (Å²) in [6.07, 6.45) is 3.65. The van der Waals surface area contributed by atoms with Gasteiger partial charge in [0.05, 0.1) is 13.3 Å². The maximum Gasteiger partial charge on any atom is 0.169 e. The zero-order valence-electron chi connectivity index (χ0n) is 6.79. The van der Waals surface area contributed by atoms with Crippen LogP contribution in [0.3, 0.4) is 0 Å². The third kappa shape index (κ3) is 1.83. The Labute approximate surface area is 70.2 Å². The van der Waals surface area contributed by atoms with Crippen molar-refractivity contribution in [2.45, 2.75) is 11.9 Å². The Balaban J connectivity index is 3.06. The molecule has 0 atom stereocenters. The van der Waals surface area contributed by atoms with E-state index >= 15 is 0 Å². The smallest absolute Gasteiger partial charge is 0.169 e. The van der Waals surface area contributed by atoms with E-state index in [1.54, 1.807) is 25.1 Å². The number of aryl methyl sites for hydroxylation is 1. The zero-order chi connectivity index (χ0) is 8.27. The van der Waals surface area contributed by atoms with E-state index in [0.29, 0.717) is 0 Å². The highest BCUT2D eigenvalue weighted by Crippen LogP contribution is 2.23. The molecule has 3 nitrogen and oxygen atoms in total. The molecule has 0 saturated carbocycles. The van der Waals surface area contributed by atoms with Crippen LogP contribution in [0, 0.1) is 6.92 Å². The number of rotatable bonds is 2. The first-order valence-corrected chi connectivity index (χ1v) is 4.42. The lowest BCUT2D eigenvalue weighted by atomic mass is 10.5. The van der Waals surface area contributed by atoms with Gasteiger partial charge in [-0.25, -0.2) is 9.97 Å². The molecule has 0 spiro atoms. The highest BCUT2D eigenvalue weighted by molar-refractivity contribution is 7.98. The summed E-state index contributed by atoms with van der Waals surface area (Å²) in [4.78, 5) is 8.20. The number of hydrogen-bond acceptors (Lipinski definition) is 4. The first-order valence-electron chi connectivity index (χ1n) is 3.19. The summed E-state index contributed by atoms with van der Waals surface area (Å²) < 4.78 is 5.05. The van der Waals surface area contributed by atoms with Crippen LogP contribution in [0.15, 0.2) is 11.2 Å². The predicted molar refractivity (Wildman–Crippen MR) is 45.1 cm³/mol. The van der Waals surface area contributed by atoms with Gasteiger partial charge in [0.1, 0.15) is 10.9 Å². The van der Waals surface area contributed by atoms with Crippen molar-refractivity contribution in [3.8, 4) is 5.75 Å². The van der Waals surface area contributed by atoms with Crippen LogP contribution in [0.1, 0.15) is 5.82 Å². The van der Waals surface area contributed by atoms with E-state index in [9.17, 15) is 0 Å².